The minimum atomic E-state index is -3.66. The van der Waals surface area contributed by atoms with Crippen LogP contribution in [0, 0.1) is 0 Å². The predicted molar refractivity (Wildman–Crippen MR) is 74.7 cm³/mol. The lowest BCUT2D eigenvalue weighted by atomic mass is 10.1. The maximum atomic E-state index is 12.2. The smallest absolute Gasteiger partial charge is 0.260 e. The van der Waals surface area contributed by atoms with Gasteiger partial charge in [0, 0.05) is 26.4 Å². The first-order valence-electron chi connectivity index (χ1n) is 6.06. The molecular weight excluding hydrogens is 266 g/mol. The number of aromatic nitrogens is 1. The third kappa shape index (κ3) is 4.45. The average Bonchev–Trinajstić information content (AvgIpc) is 2.38. The molecule has 2 N–H and O–H groups in total. The number of hydrogen-bond acceptors (Lipinski definition) is 5. The van der Waals surface area contributed by atoms with Crippen LogP contribution in [0.2, 0.25) is 0 Å². The van der Waals surface area contributed by atoms with Crippen molar-refractivity contribution in [2.24, 2.45) is 0 Å². The lowest BCUT2D eigenvalue weighted by Gasteiger charge is -2.23. The average molecular weight is 287 g/mol. The van der Waals surface area contributed by atoms with Crippen LogP contribution < -0.4 is 10.0 Å². The standard InChI is InChI=1S/C12H21N3O3S/c1-5-13-10-7-6-8-14-11(10)19(16,17)15-9-12(2,3)18-4/h6-8,13,15H,5,9H2,1-4H3. The summed E-state index contributed by atoms with van der Waals surface area (Å²) >= 11 is 0. The monoisotopic (exact) mass is 287 g/mol. The highest BCUT2D eigenvalue weighted by atomic mass is 32.2. The summed E-state index contributed by atoms with van der Waals surface area (Å²) in [5.41, 5.74) is -0.0760. The molecule has 108 valence electrons. The predicted octanol–water partition coefficient (Wildman–Crippen LogP) is 1.22. The molecule has 1 rings (SSSR count). The van der Waals surface area contributed by atoms with E-state index in [9.17, 15) is 8.42 Å². The minimum absolute atomic E-state index is 0.00348. The van der Waals surface area contributed by atoms with Gasteiger partial charge in [-0.05, 0) is 32.9 Å². The highest BCUT2D eigenvalue weighted by molar-refractivity contribution is 7.89. The molecule has 0 aliphatic carbocycles. The number of nitrogens with zero attached hydrogens (tertiary/aromatic N) is 1. The molecule has 0 aliphatic rings. The zero-order valence-electron chi connectivity index (χ0n) is 11.7. The van der Waals surface area contributed by atoms with Gasteiger partial charge in [0.1, 0.15) is 0 Å². The number of nitrogens with one attached hydrogen (secondary N) is 2. The molecule has 0 radical (unpaired) electrons. The van der Waals surface area contributed by atoms with E-state index in [1.165, 1.54) is 6.20 Å². The van der Waals surface area contributed by atoms with Gasteiger partial charge >= 0.3 is 0 Å². The van der Waals surface area contributed by atoms with E-state index in [0.29, 0.717) is 12.2 Å². The second kappa shape index (κ2) is 6.31. The van der Waals surface area contributed by atoms with Crippen molar-refractivity contribution in [2.75, 3.05) is 25.5 Å². The van der Waals surface area contributed by atoms with E-state index < -0.39 is 15.6 Å². The van der Waals surface area contributed by atoms with Crippen LogP contribution in [0.4, 0.5) is 5.69 Å². The quantitative estimate of drug-likeness (QED) is 0.788. The lowest BCUT2D eigenvalue weighted by Crippen LogP contribution is -2.40. The Morgan fingerprint density at radius 2 is 2.11 bits per heavy atom. The summed E-state index contributed by atoms with van der Waals surface area (Å²) in [6, 6.07) is 3.38. The third-order valence-electron chi connectivity index (χ3n) is 2.63. The van der Waals surface area contributed by atoms with Crippen molar-refractivity contribution in [3.63, 3.8) is 0 Å². The van der Waals surface area contributed by atoms with Gasteiger partial charge in [-0.1, -0.05) is 0 Å². The molecule has 0 fully saturated rings. The molecule has 19 heavy (non-hydrogen) atoms. The molecule has 6 nitrogen and oxygen atoms in total. The number of sulfonamides is 1. The Kier molecular flexibility index (Phi) is 5.28. The molecule has 0 bridgehead atoms. The molecule has 0 unspecified atom stereocenters. The first-order chi connectivity index (χ1) is 8.82. The molecule has 0 aromatic carbocycles. The Hall–Kier alpha value is -1.18. The van der Waals surface area contributed by atoms with Crippen LogP contribution in [0.15, 0.2) is 23.4 Å². The first-order valence-corrected chi connectivity index (χ1v) is 7.54. The van der Waals surface area contributed by atoms with E-state index in [0.717, 1.165) is 0 Å². The largest absolute Gasteiger partial charge is 0.383 e. The number of ether oxygens (including phenoxy) is 1. The van der Waals surface area contributed by atoms with E-state index in [-0.39, 0.29) is 11.6 Å². The maximum absolute atomic E-state index is 12.2. The van der Waals surface area contributed by atoms with Gasteiger partial charge in [0.25, 0.3) is 10.0 Å². The second-order valence-electron chi connectivity index (χ2n) is 4.67. The zero-order valence-corrected chi connectivity index (χ0v) is 12.5. The molecule has 1 heterocycles. The lowest BCUT2D eigenvalue weighted by molar-refractivity contribution is 0.0276. The van der Waals surface area contributed by atoms with E-state index in [2.05, 4.69) is 15.0 Å². The van der Waals surface area contributed by atoms with E-state index in [1.54, 1.807) is 33.1 Å². The topological polar surface area (TPSA) is 80.3 Å². The Balaban J connectivity index is 2.95. The summed E-state index contributed by atoms with van der Waals surface area (Å²) in [6.07, 6.45) is 1.46. The van der Waals surface area contributed by atoms with Crippen molar-refractivity contribution in [1.82, 2.24) is 9.71 Å². The molecule has 0 aliphatic heterocycles. The summed E-state index contributed by atoms with van der Waals surface area (Å²) in [5.74, 6) is 0. The number of anilines is 1. The van der Waals surface area contributed by atoms with E-state index >= 15 is 0 Å². The molecular formula is C12H21N3O3S. The Bertz CT molecular complexity index is 515. The van der Waals surface area contributed by atoms with Crippen LogP contribution in [0.25, 0.3) is 0 Å². The maximum Gasteiger partial charge on any atom is 0.260 e. The van der Waals surface area contributed by atoms with Gasteiger partial charge in [-0.15, -0.1) is 0 Å². The van der Waals surface area contributed by atoms with Crippen molar-refractivity contribution >= 4 is 15.7 Å². The molecule has 0 amide bonds. The van der Waals surface area contributed by atoms with Crippen LogP contribution in [0.5, 0.6) is 0 Å². The highest BCUT2D eigenvalue weighted by Gasteiger charge is 2.24. The fourth-order valence-corrected chi connectivity index (χ4v) is 2.64. The van der Waals surface area contributed by atoms with E-state index in [4.69, 9.17) is 4.74 Å². The number of pyridine rings is 1. The summed E-state index contributed by atoms with van der Waals surface area (Å²) < 4.78 is 32.1. The van der Waals surface area contributed by atoms with Crippen molar-refractivity contribution < 1.29 is 13.2 Å². The number of hydrogen-bond donors (Lipinski definition) is 2. The minimum Gasteiger partial charge on any atom is -0.383 e. The summed E-state index contributed by atoms with van der Waals surface area (Å²) in [6.45, 7) is 6.30. The van der Waals surface area contributed by atoms with Crippen molar-refractivity contribution in [2.45, 2.75) is 31.4 Å². The Morgan fingerprint density at radius 3 is 2.68 bits per heavy atom. The first kappa shape index (κ1) is 15.9. The fraction of sp³-hybridized carbons (Fsp3) is 0.583. The van der Waals surface area contributed by atoms with Crippen molar-refractivity contribution in [3.8, 4) is 0 Å². The Labute approximate surface area is 114 Å². The number of rotatable bonds is 7. The van der Waals surface area contributed by atoms with Crippen LogP contribution in [-0.2, 0) is 14.8 Å². The van der Waals surface area contributed by atoms with Crippen LogP contribution in [0.3, 0.4) is 0 Å². The van der Waals surface area contributed by atoms with Crippen molar-refractivity contribution in [3.05, 3.63) is 18.3 Å². The molecule has 0 saturated heterocycles. The van der Waals surface area contributed by atoms with Gasteiger partial charge in [0.15, 0.2) is 5.03 Å². The third-order valence-corrected chi connectivity index (χ3v) is 3.99. The molecule has 7 heteroatoms. The van der Waals surface area contributed by atoms with Crippen LogP contribution in [-0.4, -0.2) is 39.2 Å². The Morgan fingerprint density at radius 1 is 1.42 bits per heavy atom. The van der Waals surface area contributed by atoms with Gasteiger partial charge in [-0.25, -0.2) is 18.1 Å². The van der Waals surface area contributed by atoms with Gasteiger partial charge in [0.05, 0.1) is 11.3 Å². The fourth-order valence-electron chi connectivity index (χ4n) is 1.34. The SMILES string of the molecule is CCNc1cccnc1S(=O)(=O)NCC(C)(C)OC. The van der Waals surface area contributed by atoms with Gasteiger partial charge in [-0.2, -0.15) is 0 Å². The normalized spacial score (nSPS) is 12.4. The van der Waals surface area contributed by atoms with Gasteiger partial charge < -0.3 is 10.1 Å². The molecule has 0 atom stereocenters. The van der Waals surface area contributed by atoms with Gasteiger partial charge in [-0.3, -0.25) is 0 Å². The number of methoxy groups -OCH3 is 1. The summed E-state index contributed by atoms with van der Waals surface area (Å²) in [5, 5.41) is 2.98. The van der Waals surface area contributed by atoms with Gasteiger partial charge in [0.2, 0.25) is 0 Å². The molecule has 0 spiro atoms. The zero-order chi connectivity index (χ0) is 14.5. The second-order valence-corrected chi connectivity index (χ2v) is 6.36. The summed E-state index contributed by atoms with van der Waals surface area (Å²) in [7, 11) is -2.12. The molecule has 1 aromatic rings. The molecule has 1 aromatic heterocycles. The van der Waals surface area contributed by atoms with Crippen molar-refractivity contribution in [1.29, 1.82) is 0 Å². The highest BCUT2D eigenvalue weighted by Crippen LogP contribution is 2.18. The van der Waals surface area contributed by atoms with Crippen LogP contribution in [0.1, 0.15) is 20.8 Å². The van der Waals surface area contributed by atoms with Crippen LogP contribution >= 0.6 is 0 Å². The summed E-state index contributed by atoms with van der Waals surface area (Å²) in [4.78, 5) is 3.94. The van der Waals surface area contributed by atoms with E-state index in [1.807, 2.05) is 6.92 Å². The molecule has 0 saturated carbocycles.